The summed E-state index contributed by atoms with van der Waals surface area (Å²) < 4.78 is 46.0. The van der Waals surface area contributed by atoms with E-state index < -0.39 is 28.8 Å². The summed E-state index contributed by atoms with van der Waals surface area (Å²) in [6.07, 6.45) is 3.41. The Morgan fingerprint density at radius 1 is 1.24 bits per heavy atom. The monoisotopic (exact) mass is 461 g/mol. The number of pyridine rings is 1. The number of nitrogens with zero attached hydrogens (tertiary/aromatic N) is 4. The van der Waals surface area contributed by atoms with Gasteiger partial charge in [0.1, 0.15) is 16.7 Å². The first kappa shape index (κ1) is 21.8. The zero-order valence-electron chi connectivity index (χ0n) is 17.8. The molecule has 2 aliphatic rings. The molecule has 1 aliphatic heterocycles. The van der Waals surface area contributed by atoms with E-state index in [4.69, 9.17) is 4.74 Å². The van der Waals surface area contributed by atoms with Gasteiger partial charge in [-0.05, 0) is 43.4 Å². The largest absolute Gasteiger partial charge is 0.417 e. The van der Waals surface area contributed by atoms with Gasteiger partial charge in [0.25, 0.3) is 5.91 Å². The third-order valence-electron chi connectivity index (χ3n) is 6.45. The molecule has 1 saturated heterocycles. The molecule has 0 bridgehead atoms. The number of carbonyl (C=O) groups excluding carboxylic acids is 1. The van der Waals surface area contributed by atoms with E-state index in [9.17, 15) is 23.1 Å². The molecule has 2 N–H and O–H groups in total. The lowest BCUT2D eigenvalue weighted by atomic mass is 9.74. The van der Waals surface area contributed by atoms with Crippen molar-refractivity contribution in [1.29, 1.82) is 0 Å². The van der Waals surface area contributed by atoms with Crippen LogP contribution in [0, 0.1) is 0 Å². The molecule has 174 valence electrons. The van der Waals surface area contributed by atoms with E-state index in [2.05, 4.69) is 20.4 Å². The van der Waals surface area contributed by atoms with Crippen molar-refractivity contribution in [3.63, 3.8) is 0 Å². The Morgan fingerprint density at radius 3 is 2.67 bits per heavy atom. The van der Waals surface area contributed by atoms with E-state index in [0.717, 1.165) is 24.5 Å². The van der Waals surface area contributed by atoms with Gasteiger partial charge in [-0.3, -0.25) is 9.78 Å². The van der Waals surface area contributed by atoms with Crippen LogP contribution in [-0.4, -0.2) is 49.4 Å². The summed E-state index contributed by atoms with van der Waals surface area (Å²) in [4.78, 5) is 21.7. The maximum Gasteiger partial charge on any atom is 0.417 e. The number of rotatable bonds is 4. The molecule has 11 heteroatoms. The number of ether oxygens (including phenoxy) is 1. The van der Waals surface area contributed by atoms with Crippen LogP contribution in [0.5, 0.6) is 0 Å². The van der Waals surface area contributed by atoms with Gasteiger partial charge >= 0.3 is 6.18 Å². The minimum absolute atomic E-state index is 0.109. The molecule has 0 aromatic carbocycles. The molecule has 33 heavy (non-hydrogen) atoms. The van der Waals surface area contributed by atoms with Crippen LogP contribution in [0.1, 0.15) is 59.3 Å². The quantitative estimate of drug-likeness (QED) is 0.620. The molecule has 2 atom stereocenters. The maximum absolute atomic E-state index is 13.3. The second-order valence-electron chi connectivity index (χ2n) is 8.85. The molecule has 5 rings (SSSR count). The number of hydrogen-bond donors (Lipinski definition) is 2. The number of nitrogens with one attached hydrogen (secondary N) is 1. The molecule has 1 saturated carbocycles. The van der Waals surface area contributed by atoms with Crippen molar-refractivity contribution in [2.75, 3.05) is 13.2 Å². The van der Waals surface area contributed by atoms with Gasteiger partial charge in [-0.1, -0.05) is 0 Å². The van der Waals surface area contributed by atoms with Crippen molar-refractivity contribution in [3.8, 4) is 0 Å². The van der Waals surface area contributed by atoms with Crippen molar-refractivity contribution >= 4 is 11.6 Å². The van der Waals surface area contributed by atoms with Crippen LogP contribution < -0.4 is 5.32 Å². The smallest absolute Gasteiger partial charge is 0.385 e. The number of halogens is 3. The third-order valence-corrected chi connectivity index (χ3v) is 6.45. The number of alkyl halides is 3. The Bertz CT molecular complexity index is 1200. The molecule has 1 aliphatic carbocycles. The molecule has 8 nitrogen and oxygen atoms in total. The lowest BCUT2D eigenvalue weighted by Gasteiger charge is -2.48. The highest BCUT2D eigenvalue weighted by molar-refractivity contribution is 6.00. The van der Waals surface area contributed by atoms with Crippen LogP contribution in [-0.2, 0) is 16.5 Å². The van der Waals surface area contributed by atoms with E-state index in [1.165, 1.54) is 23.7 Å². The third kappa shape index (κ3) is 3.74. The number of carbonyl (C=O) groups is 1. The van der Waals surface area contributed by atoms with Gasteiger partial charge in [-0.25, -0.2) is 9.50 Å². The van der Waals surface area contributed by atoms with Gasteiger partial charge in [0.2, 0.25) is 0 Å². The van der Waals surface area contributed by atoms with Crippen LogP contribution in [0.15, 0.2) is 36.9 Å². The molecule has 0 spiro atoms. The van der Waals surface area contributed by atoms with Gasteiger partial charge in [0, 0.05) is 31.6 Å². The summed E-state index contributed by atoms with van der Waals surface area (Å²) in [6, 6.07) is 2.07. The number of amides is 1. The van der Waals surface area contributed by atoms with Crippen molar-refractivity contribution in [2.45, 2.75) is 49.4 Å². The minimum atomic E-state index is -4.55. The molecule has 0 radical (unpaired) electrons. The van der Waals surface area contributed by atoms with Crippen LogP contribution in [0.3, 0.4) is 0 Å². The first-order valence-electron chi connectivity index (χ1n) is 10.6. The van der Waals surface area contributed by atoms with Crippen LogP contribution in [0.2, 0.25) is 0 Å². The Balaban J connectivity index is 1.51. The standard InChI is InChI=1S/C22H22F3N5O3/c1-20(32)12-33-7-6-21(20,17-5-4-15(9-26-17)22(23,24)25)29-19(31)16-10-28-30-11-14(13-2-3-13)8-27-18(16)30/h4-5,8-11,13,32H,2-3,6-7,12H2,1H3,(H,29,31). The molecule has 3 aromatic heterocycles. The summed E-state index contributed by atoms with van der Waals surface area (Å²) in [7, 11) is 0. The van der Waals surface area contributed by atoms with Gasteiger partial charge in [0.15, 0.2) is 5.65 Å². The Hall–Kier alpha value is -3.05. The fraction of sp³-hybridized carbons (Fsp3) is 0.455. The summed E-state index contributed by atoms with van der Waals surface area (Å²) >= 11 is 0. The molecule has 3 aromatic rings. The van der Waals surface area contributed by atoms with E-state index in [0.29, 0.717) is 17.8 Å². The summed E-state index contributed by atoms with van der Waals surface area (Å²) in [5, 5.41) is 18.3. The van der Waals surface area contributed by atoms with Gasteiger partial charge < -0.3 is 15.2 Å². The molecular weight excluding hydrogens is 439 g/mol. The highest BCUT2D eigenvalue weighted by Gasteiger charge is 2.53. The SMILES string of the molecule is CC1(O)COCCC1(NC(=O)c1cnn2cc(C3CC3)cnc12)c1ccc(C(F)(F)F)cn1. The average molecular weight is 461 g/mol. The molecule has 4 heterocycles. The predicted octanol–water partition coefficient (Wildman–Crippen LogP) is 2.82. The zero-order valence-corrected chi connectivity index (χ0v) is 17.8. The van der Waals surface area contributed by atoms with Crippen molar-refractivity contribution < 1.29 is 27.8 Å². The molecule has 1 amide bonds. The Labute approximate surface area is 186 Å². The van der Waals surface area contributed by atoms with E-state index in [1.807, 2.05) is 6.20 Å². The Morgan fingerprint density at radius 2 is 2.03 bits per heavy atom. The first-order valence-corrected chi connectivity index (χ1v) is 10.6. The Kier molecular flexibility index (Phi) is 4.94. The van der Waals surface area contributed by atoms with Crippen LogP contribution in [0.25, 0.3) is 5.65 Å². The second-order valence-corrected chi connectivity index (χ2v) is 8.85. The van der Waals surface area contributed by atoms with Crippen molar-refractivity contribution in [2.24, 2.45) is 0 Å². The maximum atomic E-state index is 13.3. The fourth-order valence-corrected chi connectivity index (χ4v) is 4.31. The topological polar surface area (TPSA) is 102 Å². The molecular formula is C22H22F3N5O3. The summed E-state index contributed by atoms with van der Waals surface area (Å²) in [5.41, 5.74) is -2.34. The highest BCUT2D eigenvalue weighted by Crippen LogP contribution is 2.41. The number of aliphatic hydroxyl groups is 1. The zero-order chi connectivity index (χ0) is 23.4. The molecule has 2 fully saturated rings. The summed E-state index contributed by atoms with van der Waals surface area (Å²) in [5.74, 6) is -0.102. The predicted molar refractivity (Wildman–Crippen MR) is 109 cm³/mol. The van der Waals surface area contributed by atoms with Gasteiger partial charge in [-0.2, -0.15) is 18.3 Å². The van der Waals surface area contributed by atoms with Crippen LogP contribution >= 0.6 is 0 Å². The minimum Gasteiger partial charge on any atom is -0.385 e. The van der Waals surface area contributed by atoms with Gasteiger partial charge in [0.05, 0.1) is 24.1 Å². The number of aromatic nitrogens is 4. The van der Waals surface area contributed by atoms with E-state index >= 15 is 0 Å². The van der Waals surface area contributed by atoms with Crippen molar-refractivity contribution in [3.05, 3.63) is 59.3 Å². The van der Waals surface area contributed by atoms with Crippen LogP contribution in [0.4, 0.5) is 13.2 Å². The molecule has 2 unspecified atom stereocenters. The lowest BCUT2D eigenvalue weighted by Crippen LogP contribution is -2.65. The fourth-order valence-electron chi connectivity index (χ4n) is 4.31. The van der Waals surface area contributed by atoms with Gasteiger partial charge in [-0.15, -0.1) is 0 Å². The number of fused-ring (bicyclic) bond motifs is 1. The number of hydrogen-bond acceptors (Lipinski definition) is 6. The lowest BCUT2D eigenvalue weighted by molar-refractivity contribution is -0.141. The normalized spacial score (nSPS) is 25.8. The van der Waals surface area contributed by atoms with E-state index in [1.54, 1.807) is 6.20 Å². The van der Waals surface area contributed by atoms with E-state index in [-0.39, 0.29) is 30.9 Å². The average Bonchev–Trinajstić information content (AvgIpc) is 3.53. The second kappa shape index (κ2) is 7.49. The first-order chi connectivity index (χ1) is 15.6. The van der Waals surface area contributed by atoms with Crippen molar-refractivity contribution in [1.82, 2.24) is 24.9 Å². The summed E-state index contributed by atoms with van der Waals surface area (Å²) in [6.45, 7) is 1.51. The highest BCUT2D eigenvalue weighted by atomic mass is 19.4.